The summed E-state index contributed by atoms with van der Waals surface area (Å²) in [4.78, 5) is 4.34. The molecule has 2 heterocycles. The van der Waals surface area contributed by atoms with E-state index in [1.807, 2.05) is 28.8 Å². The third-order valence-electron chi connectivity index (χ3n) is 3.97. The highest BCUT2D eigenvalue weighted by Gasteiger charge is 2.32. The van der Waals surface area contributed by atoms with Crippen molar-refractivity contribution in [3.05, 3.63) is 77.4 Å². The summed E-state index contributed by atoms with van der Waals surface area (Å²) in [5.74, 6) is 0.528. The second-order valence-corrected chi connectivity index (χ2v) is 6.56. The first-order valence-corrected chi connectivity index (χ1v) is 8.69. The number of aromatic nitrogens is 2. The predicted octanol–water partition coefficient (Wildman–Crippen LogP) is 5.68. The van der Waals surface area contributed by atoms with Crippen LogP contribution in [0.4, 0.5) is 13.2 Å². The Morgan fingerprint density at radius 2 is 1.81 bits per heavy atom. The molecule has 3 nitrogen and oxygen atoms in total. The van der Waals surface area contributed by atoms with E-state index in [0.29, 0.717) is 5.75 Å². The summed E-state index contributed by atoms with van der Waals surface area (Å²) < 4.78 is 46.7. The van der Waals surface area contributed by atoms with Gasteiger partial charge in [0, 0.05) is 17.0 Å². The Hall–Kier alpha value is -2.80. The fourth-order valence-electron chi connectivity index (χ4n) is 2.73. The van der Waals surface area contributed by atoms with Crippen molar-refractivity contribution in [2.45, 2.75) is 12.8 Å². The quantitative estimate of drug-likeness (QED) is 0.459. The van der Waals surface area contributed by atoms with Crippen LogP contribution in [-0.4, -0.2) is 9.55 Å². The van der Waals surface area contributed by atoms with E-state index in [4.69, 9.17) is 4.74 Å². The zero-order chi connectivity index (χ0) is 18.1. The highest BCUT2D eigenvalue weighted by atomic mass is 32.1. The van der Waals surface area contributed by atoms with Crippen LogP contribution in [-0.2, 0) is 12.8 Å². The molecular formula is C19H13F3N2OS. The van der Waals surface area contributed by atoms with Crippen molar-refractivity contribution in [3.63, 3.8) is 0 Å². The summed E-state index contributed by atoms with van der Waals surface area (Å²) in [6, 6.07) is 15.0. The Morgan fingerprint density at radius 3 is 2.65 bits per heavy atom. The van der Waals surface area contributed by atoms with Gasteiger partial charge in [0.2, 0.25) is 0 Å². The number of ether oxygens (including phenoxy) is 1. The first kappa shape index (κ1) is 16.7. The van der Waals surface area contributed by atoms with Gasteiger partial charge in [-0.25, -0.2) is 4.98 Å². The highest BCUT2D eigenvalue weighted by molar-refractivity contribution is 7.12. The SMILES string of the molecule is FC(F)(F)c1ccccc1COc1csc(-n2cnc3ccccc32)c1. The Labute approximate surface area is 151 Å². The minimum atomic E-state index is -4.39. The minimum absolute atomic E-state index is 0.112. The number of halogens is 3. The van der Waals surface area contributed by atoms with Gasteiger partial charge in [0.15, 0.2) is 0 Å². The van der Waals surface area contributed by atoms with E-state index in [2.05, 4.69) is 4.98 Å². The van der Waals surface area contributed by atoms with Crippen LogP contribution in [0.3, 0.4) is 0 Å². The van der Waals surface area contributed by atoms with Crippen LogP contribution in [0.1, 0.15) is 11.1 Å². The molecule has 0 atom stereocenters. The molecule has 4 aromatic rings. The lowest BCUT2D eigenvalue weighted by atomic mass is 10.1. The standard InChI is InChI=1S/C19H13F3N2OS/c20-19(21,22)15-6-2-1-5-13(15)10-25-14-9-18(26-11-14)24-12-23-16-7-3-4-8-17(16)24/h1-9,11-12H,10H2. The van der Waals surface area contributed by atoms with Gasteiger partial charge in [-0.1, -0.05) is 30.3 Å². The Kier molecular flexibility index (Phi) is 4.16. The molecule has 26 heavy (non-hydrogen) atoms. The number of imidazole rings is 1. The van der Waals surface area contributed by atoms with Gasteiger partial charge < -0.3 is 4.74 Å². The smallest absolute Gasteiger partial charge is 0.416 e. The molecular weight excluding hydrogens is 361 g/mol. The fourth-order valence-corrected chi connectivity index (χ4v) is 3.55. The molecule has 0 radical (unpaired) electrons. The third kappa shape index (κ3) is 3.17. The number of hydrogen-bond donors (Lipinski definition) is 0. The van der Waals surface area contributed by atoms with Crippen LogP contribution in [0.15, 0.2) is 66.3 Å². The molecule has 0 N–H and O–H groups in total. The van der Waals surface area contributed by atoms with Crippen molar-refractivity contribution in [2.24, 2.45) is 0 Å². The second kappa shape index (κ2) is 6.49. The molecule has 0 aliphatic carbocycles. The summed E-state index contributed by atoms with van der Waals surface area (Å²) in [7, 11) is 0. The van der Waals surface area contributed by atoms with Crippen LogP contribution in [0.25, 0.3) is 16.0 Å². The maximum Gasteiger partial charge on any atom is 0.416 e. The monoisotopic (exact) mass is 374 g/mol. The molecule has 2 aromatic heterocycles. The largest absolute Gasteiger partial charge is 0.488 e. The third-order valence-corrected chi connectivity index (χ3v) is 4.88. The fraction of sp³-hybridized carbons (Fsp3) is 0.105. The zero-order valence-electron chi connectivity index (χ0n) is 13.4. The molecule has 0 saturated carbocycles. The van der Waals surface area contributed by atoms with Gasteiger partial charge >= 0.3 is 6.18 Å². The maximum absolute atomic E-state index is 13.0. The van der Waals surface area contributed by atoms with Crippen LogP contribution >= 0.6 is 11.3 Å². The van der Waals surface area contributed by atoms with Crippen molar-refractivity contribution < 1.29 is 17.9 Å². The molecule has 0 amide bonds. The number of rotatable bonds is 4. The van der Waals surface area contributed by atoms with Crippen molar-refractivity contribution >= 4 is 22.4 Å². The van der Waals surface area contributed by atoms with E-state index in [1.54, 1.807) is 23.8 Å². The van der Waals surface area contributed by atoms with Gasteiger partial charge in [-0.2, -0.15) is 13.2 Å². The number of para-hydroxylation sites is 2. The average molecular weight is 374 g/mol. The maximum atomic E-state index is 13.0. The lowest BCUT2D eigenvalue weighted by molar-refractivity contribution is -0.138. The van der Waals surface area contributed by atoms with E-state index in [1.165, 1.54) is 23.5 Å². The van der Waals surface area contributed by atoms with Gasteiger partial charge in [0.05, 0.1) is 16.6 Å². The number of hydrogen-bond acceptors (Lipinski definition) is 3. The number of benzene rings is 2. The topological polar surface area (TPSA) is 27.1 Å². The van der Waals surface area contributed by atoms with E-state index in [-0.39, 0.29) is 12.2 Å². The summed E-state index contributed by atoms with van der Waals surface area (Å²) in [6.07, 6.45) is -2.67. The van der Waals surface area contributed by atoms with Crippen LogP contribution in [0.5, 0.6) is 5.75 Å². The van der Waals surface area contributed by atoms with Gasteiger partial charge in [-0.3, -0.25) is 4.57 Å². The molecule has 0 saturated heterocycles. The lowest BCUT2D eigenvalue weighted by Gasteiger charge is -2.12. The number of alkyl halides is 3. The Morgan fingerprint density at radius 1 is 1.04 bits per heavy atom. The van der Waals surface area contributed by atoms with Crippen LogP contribution in [0, 0.1) is 0 Å². The normalized spacial score (nSPS) is 11.8. The van der Waals surface area contributed by atoms with Gasteiger partial charge in [0.25, 0.3) is 0 Å². The van der Waals surface area contributed by atoms with Crippen molar-refractivity contribution in [3.8, 4) is 10.8 Å². The summed E-state index contributed by atoms with van der Waals surface area (Å²) in [5, 5.41) is 2.66. The van der Waals surface area contributed by atoms with Gasteiger partial charge in [0.1, 0.15) is 23.7 Å². The first-order valence-electron chi connectivity index (χ1n) is 7.81. The molecule has 7 heteroatoms. The summed E-state index contributed by atoms with van der Waals surface area (Å²) in [6.45, 7) is -0.142. The van der Waals surface area contributed by atoms with Crippen LogP contribution in [0.2, 0.25) is 0 Å². The van der Waals surface area contributed by atoms with Crippen LogP contribution < -0.4 is 4.74 Å². The number of fused-ring (bicyclic) bond motifs is 1. The molecule has 0 aliphatic heterocycles. The molecule has 0 unspecified atom stereocenters. The van der Waals surface area contributed by atoms with Crippen molar-refractivity contribution in [2.75, 3.05) is 0 Å². The van der Waals surface area contributed by atoms with E-state index in [0.717, 1.165) is 22.1 Å². The molecule has 0 aliphatic rings. The molecule has 0 bridgehead atoms. The molecule has 0 fully saturated rings. The van der Waals surface area contributed by atoms with Crippen molar-refractivity contribution in [1.29, 1.82) is 0 Å². The highest BCUT2D eigenvalue weighted by Crippen LogP contribution is 2.33. The van der Waals surface area contributed by atoms with E-state index < -0.39 is 11.7 Å². The lowest BCUT2D eigenvalue weighted by Crippen LogP contribution is -2.10. The Balaban J connectivity index is 1.55. The molecule has 4 rings (SSSR count). The minimum Gasteiger partial charge on any atom is -0.488 e. The second-order valence-electron chi connectivity index (χ2n) is 5.67. The van der Waals surface area contributed by atoms with Crippen molar-refractivity contribution in [1.82, 2.24) is 9.55 Å². The Bertz CT molecular complexity index is 1050. The van der Waals surface area contributed by atoms with E-state index >= 15 is 0 Å². The summed E-state index contributed by atoms with van der Waals surface area (Å²) >= 11 is 1.44. The molecule has 0 spiro atoms. The molecule has 2 aromatic carbocycles. The number of thiophene rings is 1. The summed E-state index contributed by atoms with van der Waals surface area (Å²) in [5.41, 5.74) is 1.28. The predicted molar refractivity (Wildman–Crippen MR) is 94.7 cm³/mol. The average Bonchev–Trinajstić information content (AvgIpc) is 3.26. The first-order chi connectivity index (χ1) is 12.5. The molecule has 132 valence electrons. The number of nitrogens with zero attached hydrogens (tertiary/aromatic N) is 2. The van der Waals surface area contributed by atoms with Gasteiger partial charge in [-0.05, 0) is 18.2 Å². The van der Waals surface area contributed by atoms with E-state index in [9.17, 15) is 13.2 Å². The van der Waals surface area contributed by atoms with Gasteiger partial charge in [-0.15, -0.1) is 11.3 Å². The zero-order valence-corrected chi connectivity index (χ0v) is 14.2.